The van der Waals surface area contributed by atoms with Gasteiger partial charge in [-0.15, -0.1) is 0 Å². The first kappa shape index (κ1) is 14.7. The molecule has 0 bridgehead atoms. The maximum Gasteiger partial charge on any atom is 0.256 e. The standard InChI is InChI=1S/C17H18ClN3O2/c18-13-4-2-1-3-11(13)16(22)17(23)21-8-7-14-12(9-21)15(20-19-14)10-5-6-10/h1-4,10,16,22H,5-9H2,(H,19,20)/t16-/m1/s1. The zero-order valence-electron chi connectivity index (χ0n) is 12.6. The van der Waals surface area contributed by atoms with Crippen molar-refractivity contribution in [1.29, 1.82) is 0 Å². The number of carbonyl (C=O) groups is 1. The number of aliphatic hydroxyl groups is 1. The topological polar surface area (TPSA) is 69.2 Å². The number of hydrogen-bond acceptors (Lipinski definition) is 3. The zero-order valence-corrected chi connectivity index (χ0v) is 13.4. The van der Waals surface area contributed by atoms with E-state index in [2.05, 4.69) is 10.2 Å². The van der Waals surface area contributed by atoms with Crippen LogP contribution in [0.5, 0.6) is 0 Å². The van der Waals surface area contributed by atoms with Crippen molar-refractivity contribution in [2.75, 3.05) is 6.54 Å². The molecule has 0 unspecified atom stereocenters. The highest BCUT2D eigenvalue weighted by Crippen LogP contribution is 2.42. The minimum Gasteiger partial charge on any atom is -0.378 e. The van der Waals surface area contributed by atoms with Crippen LogP contribution in [0.15, 0.2) is 24.3 Å². The predicted molar refractivity (Wildman–Crippen MR) is 86.1 cm³/mol. The average molecular weight is 332 g/mol. The highest BCUT2D eigenvalue weighted by molar-refractivity contribution is 6.31. The van der Waals surface area contributed by atoms with Gasteiger partial charge in [0.2, 0.25) is 0 Å². The Morgan fingerprint density at radius 1 is 1.39 bits per heavy atom. The molecule has 1 saturated carbocycles. The Bertz CT molecular complexity index is 754. The number of amides is 1. The number of benzene rings is 1. The SMILES string of the molecule is O=C([C@H](O)c1ccccc1Cl)N1CCc2[nH]nc(C3CC3)c2C1. The Morgan fingerprint density at radius 3 is 2.91 bits per heavy atom. The van der Waals surface area contributed by atoms with Crippen molar-refractivity contribution >= 4 is 17.5 Å². The second-order valence-corrected chi connectivity index (χ2v) is 6.68. The molecule has 2 aliphatic rings. The van der Waals surface area contributed by atoms with Crippen molar-refractivity contribution in [3.63, 3.8) is 0 Å². The van der Waals surface area contributed by atoms with Gasteiger partial charge in [0, 0.05) is 47.3 Å². The highest BCUT2D eigenvalue weighted by Gasteiger charge is 2.34. The van der Waals surface area contributed by atoms with Gasteiger partial charge in [-0.05, 0) is 18.9 Å². The van der Waals surface area contributed by atoms with Crippen LogP contribution in [0, 0.1) is 0 Å². The lowest BCUT2D eigenvalue weighted by Gasteiger charge is -2.29. The van der Waals surface area contributed by atoms with Gasteiger partial charge in [0.25, 0.3) is 5.91 Å². The minimum absolute atomic E-state index is 0.299. The Morgan fingerprint density at radius 2 is 2.17 bits per heavy atom. The van der Waals surface area contributed by atoms with Crippen molar-refractivity contribution in [2.24, 2.45) is 0 Å². The summed E-state index contributed by atoms with van der Waals surface area (Å²) in [7, 11) is 0. The summed E-state index contributed by atoms with van der Waals surface area (Å²) in [5.41, 5.74) is 3.82. The molecule has 2 aromatic rings. The molecule has 1 aliphatic carbocycles. The molecule has 0 saturated heterocycles. The molecule has 1 aromatic heterocycles. The highest BCUT2D eigenvalue weighted by atomic mass is 35.5. The van der Waals surface area contributed by atoms with Crippen molar-refractivity contribution in [3.05, 3.63) is 51.8 Å². The number of hydrogen-bond donors (Lipinski definition) is 2. The first-order valence-electron chi connectivity index (χ1n) is 7.92. The fourth-order valence-corrected chi connectivity index (χ4v) is 3.44. The largest absolute Gasteiger partial charge is 0.378 e. The summed E-state index contributed by atoms with van der Waals surface area (Å²) in [6.45, 7) is 1.09. The minimum atomic E-state index is -1.22. The number of fused-ring (bicyclic) bond motifs is 1. The van der Waals surface area contributed by atoms with Gasteiger partial charge in [0.15, 0.2) is 6.10 Å². The third-order valence-corrected chi connectivity index (χ3v) is 5.02. The summed E-state index contributed by atoms with van der Waals surface area (Å²) >= 11 is 6.10. The number of halogens is 1. The average Bonchev–Trinajstić information content (AvgIpc) is 3.33. The summed E-state index contributed by atoms with van der Waals surface area (Å²) in [4.78, 5) is 14.4. The van der Waals surface area contributed by atoms with E-state index in [1.165, 1.54) is 12.8 Å². The van der Waals surface area contributed by atoms with Gasteiger partial charge < -0.3 is 10.0 Å². The molecular weight excluding hydrogens is 314 g/mol. The molecule has 0 spiro atoms. The number of carbonyl (C=O) groups excluding carboxylic acids is 1. The van der Waals surface area contributed by atoms with Gasteiger partial charge in [-0.25, -0.2) is 0 Å². The molecule has 1 aliphatic heterocycles. The van der Waals surface area contributed by atoms with E-state index in [1.807, 2.05) is 0 Å². The Balaban J connectivity index is 1.55. The molecule has 23 heavy (non-hydrogen) atoms. The second-order valence-electron chi connectivity index (χ2n) is 6.27. The van der Waals surface area contributed by atoms with Crippen LogP contribution in [0.25, 0.3) is 0 Å². The van der Waals surface area contributed by atoms with Crippen molar-refractivity contribution in [3.8, 4) is 0 Å². The van der Waals surface area contributed by atoms with Gasteiger partial charge in [0.05, 0.1) is 5.69 Å². The molecule has 1 fully saturated rings. The summed E-state index contributed by atoms with van der Waals surface area (Å²) < 4.78 is 0. The monoisotopic (exact) mass is 331 g/mol. The van der Waals surface area contributed by atoms with E-state index in [-0.39, 0.29) is 5.91 Å². The maximum absolute atomic E-state index is 12.7. The molecule has 5 nitrogen and oxygen atoms in total. The van der Waals surface area contributed by atoms with Gasteiger partial charge in [-0.3, -0.25) is 9.89 Å². The molecule has 1 amide bonds. The van der Waals surface area contributed by atoms with Crippen molar-refractivity contribution in [2.45, 2.75) is 37.8 Å². The van der Waals surface area contributed by atoms with Crippen LogP contribution >= 0.6 is 11.6 Å². The lowest BCUT2D eigenvalue weighted by atomic mass is 10.0. The molecule has 0 radical (unpaired) electrons. The molecule has 4 rings (SSSR count). The first-order valence-corrected chi connectivity index (χ1v) is 8.30. The molecule has 2 N–H and O–H groups in total. The normalized spacial score (nSPS) is 18.6. The van der Waals surface area contributed by atoms with Crippen LogP contribution in [0.3, 0.4) is 0 Å². The van der Waals surface area contributed by atoms with Crippen LogP contribution in [0.2, 0.25) is 5.02 Å². The van der Waals surface area contributed by atoms with E-state index in [4.69, 9.17) is 11.6 Å². The van der Waals surface area contributed by atoms with Crippen LogP contribution in [-0.4, -0.2) is 32.7 Å². The van der Waals surface area contributed by atoms with Crippen molar-refractivity contribution in [1.82, 2.24) is 15.1 Å². The summed E-state index contributed by atoms with van der Waals surface area (Å²) in [5.74, 6) is 0.241. The Hall–Kier alpha value is -1.85. The fourth-order valence-electron chi connectivity index (χ4n) is 3.20. The van der Waals surface area contributed by atoms with E-state index in [1.54, 1.807) is 29.2 Å². The van der Waals surface area contributed by atoms with Crippen LogP contribution < -0.4 is 0 Å². The molecule has 1 atom stereocenters. The lowest BCUT2D eigenvalue weighted by Crippen LogP contribution is -2.39. The van der Waals surface area contributed by atoms with E-state index in [0.29, 0.717) is 29.6 Å². The van der Waals surface area contributed by atoms with Crippen LogP contribution in [-0.2, 0) is 17.8 Å². The molecule has 120 valence electrons. The molecule has 2 heterocycles. The smallest absolute Gasteiger partial charge is 0.256 e. The number of H-pyrrole nitrogens is 1. The lowest BCUT2D eigenvalue weighted by molar-refractivity contribution is -0.141. The van der Waals surface area contributed by atoms with Crippen LogP contribution in [0.1, 0.15) is 47.4 Å². The molecule has 1 aromatic carbocycles. The molecule has 6 heteroatoms. The summed E-state index contributed by atoms with van der Waals surface area (Å²) in [6, 6.07) is 6.92. The number of nitrogens with zero attached hydrogens (tertiary/aromatic N) is 2. The second kappa shape index (κ2) is 5.65. The van der Waals surface area contributed by atoms with E-state index < -0.39 is 6.10 Å². The number of aromatic amines is 1. The Labute approximate surface area is 139 Å². The summed E-state index contributed by atoms with van der Waals surface area (Å²) in [5, 5.41) is 18.4. The van der Waals surface area contributed by atoms with Gasteiger partial charge in [0.1, 0.15) is 0 Å². The van der Waals surface area contributed by atoms with Crippen molar-refractivity contribution < 1.29 is 9.90 Å². The van der Waals surface area contributed by atoms with Gasteiger partial charge in [-0.1, -0.05) is 29.8 Å². The zero-order chi connectivity index (χ0) is 16.0. The third kappa shape index (κ3) is 2.64. The van der Waals surface area contributed by atoms with E-state index in [0.717, 1.165) is 23.4 Å². The summed E-state index contributed by atoms with van der Waals surface area (Å²) in [6.07, 6.45) is 1.87. The first-order chi connectivity index (χ1) is 11.1. The third-order valence-electron chi connectivity index (χ3n) is 4.67. The quantitative estimate of drug-likeness (QED) is 0.908. The van der Waals surface area contributed by atoms with Gasteiger partial charge >= 0.3 is 0 Å². The van der Waals surface area contributed by atoms with Crippen LogP contribution in [0.4, 0.5) is 0 Å². The number of nitrogens with one attached hydrogen (secondary N) is 1. The molecular formula is C17H18ClN3O2. The predicted octanol–water partition coefficient (Wildman–Crippen LogP) is 2.56. The van der Waals surface area contributed by atoms with E-state index >= 15 is 0 Å². The number of aromatic nitrogens is 2. The van der Waals surface area contributed by atoms with Gasteiger partial charge in [-0.2, -0.15) is 5.10 Å². The van der Waals surface area contributed by atoms with E-state index in [9.17, 15) is 9.90 Å². The maximum atomic E-state index is 12.7. The number of aliphatic hydroxyl groups excluding tert-OH is 1. The number of rotatable bonds is 3. The fraction of sp³-hybridized carbons (Fsp3) is 0.412. The Kier molecular flexibility index (Phi) is 3.62.